The standard InChI is InChI=1S/C16H26N2O2/c1-6-10-17-14(7-2)13-8-11-18(12-9-13)15(19)20-16(3,4)5/h6-7,10,13H,2,8-9,11-12H2,1,3-5H3/b10-6+,17-14?. The first kappa shape index (κ1) is 16.5. The summed E-state index contributed by atoms with van der Waals surface area (Å²) in [7, 11) is 0. The Balaban J connectivity index is 2.55. The van der Waals surface area contributed by atoms with Gasteiger partial charge in [-0.15, -0.1) is 0 Å². The second-order valence-corrected chi connectivity index (χ2v) is 5.98. The SMILES string of the molecule is C=CC(=N/C=C/C)C1CCN(C(=O)OC(C)(C)C)CC1. The number of ether oxygens (including phenoxy) is 1. The molecule has 1 saturated heterocycles. The van der Waals surface area contributed by atoms with Crippen molar-refractivity contribution in [2.45, 2.75) is 46.1 Å². The van der Waals surface area contributed by atoms with Gasteiger partial charge < -0.3 is 9.64 Å². The number of likely N-dealkylation sites (tertiary alicyclic amines) is 1. The van der Waals surface area contributed by atoms with Gasteiger partial charge in [-0.1, -0.05) is 12.7 Å². The summed E-state index contributed by atoms with van der Waals surface area (Å²) in [6.07, 6.45) is 7.09. The van der Waals surface area contributed by atoms with Gasteiger partial charge in [-0.25, -0.2) is 4.79 Å². The average molecular weight is 278 g/mol. The molecule has 1 heterocycles. The quantitative estimate of drug-likeness (QED) is 0.737. The maximum absolute atomic E-state index is 12.0. The van der Waals surface area contributed by atoms with E-state index in [4.69, 9.17) is 4.74 Å². The molecule has 0 aliphatic carbocycles. The van der Waals surface area contributed by atoms with E-state index in [0.29, 0.717) is 19.0 Å². The molecule has 1 aliphatic heterocycles. The molecule has 0 N–H and O–H groups in total. The molecule has 0 aromatic rings. The van der Waals surface area contributed by atoms with E-state index in [1.54, 1.807) is 11.1 Å². The molecule has 0 saturated carbocycles. The third-order valence-corrected chi connectivity index (χ3v) is 3.15. The Morgan fingerprint density at radius 2 is 1.95 bits per heavy atom. The first-order chi connectivity index (χ1) is 9.37. The van der Waals surface area contributed by atoms with Crippen molar-refractivity contribution in [2.75, 3.05) is 13.1 Å². The first-order valence-electron chi connectivity index (χ1n) is 7.16. The molecule has 4 nitrogen and oxygen atoms in total. The number of amides is 1. The number of hydrogen-bond acceptors (Lipinski definition) is 3. The highest BCUT2D eigenvalue weighted by molar-refractivity contribution is 5.97. The molecule has 0 atom stereocenters. The summed E-state index contributed by atoms with van der Waals surface area (Å²) in [5.74, 6) is 0.377. The third kappa shape index (κ3) is 5.19. The highest BCUT2D eigenvalue weighted by Crippen LogP contribution is 2.21. The Hall–Kier alpha value is -1.58. The molecular formula is C16H26N2O2. The minimum atomic E-state index is -0.437. The van der Waals surface area contributed by atoms with Crippen LogP contribution in [-0.4, -0.2) is 35.4 Å². The lowest BCUT2D eigenvalue weighted by Crippen LogP contribution is -2.42. The summed E-state index contributed by atoms with van der Waals surface area (Å²) in [4.78, 5) is 18.1. The smallest absolute Gasteiger partial charge is 0.410 e. The minimum Gasteiger partial charge on any atom is -0.444 e. The molecular weight excluding hydrogens is 252 g/mol. The molecule has 112 valence electrons. The van der Waals surface area contributed by atoms with Crippen LogP contribution in [0.25, 0.3) is 0 Å². The van der Waals surface area contributed by atoms with Crippen LogP contribution in [0.15, 0.2) is 29.9 Å². The van der Waals surface area contributed by atoms with Crippen LogP contribution in [0.3, 0.4) is 0 Å². The maximum atomic E-state index is 12.0. The fraction of sp³-hybridized carbons (Fsp3) is 0.625. The van der Waals surface area contributed by atoms with Crippen LogP contribution in [0.2, 0.25) is 0 Å². The van der Waals surface area contributed by atoms with Gasteiger partial charge in [0.25, 0.3) is 0 Å². The highest BCUT2D eigenvalue weighted by Gasteiger charge is 2.28. The van der Waals surface area contributed by atoms with Crippen molar-refractivity contribution in [1.29, 1.82) is 0 Å². The van der Waals surface area contributed by atoms with Crippen molar-refractivity contribution in [3.05, 3.63) is 24.9 Å². The molecule has 1 fully saturated rings. The number of carbonyl (C=O) groups is 1. The molecule has 1 amide bonds. The Kier molecular flexibility index (Phi) is 5.99. The van der Waals surface area contributed by atoms with E-state index in [0.717, 1.165) is 18.6 Å². The van der Waals surface area contributed by atoms with Gasteiger partial charge in [0, 0.05) is 30.9 Å². The minimum absolute atomic E-state index is 0.221. The number of aliphatic imine (C=N–C) groups is 1. The molecule has 0 unspecified atom stereocenters. The van der Waals surface area contributed by atoms with E-state index in [9.17, 15) is 4.79 Å². The fourth-order valence-electron chi connectivity index (χ4n) is 2.17. The molecule has 0 bridgehead atoms. The second-order valence-electron chi connectivity index (χ2n) is 5.98. The van der Waals surface area contributed by atoms with Crippen molar-refractivity contribution in [3.63, 3.8) is 0 Å². The summed E-state index contributed by atoms with van der Waals surface area (Å²) >= 11 is 0. The third-order valence-electron chi connectivity index (χ3n) is 3.15. The van der Waals surface area contributed by atoms with E-state index in [1.165, 1.54) is 0 Å². The van der Waals surface area contributed by atoms with Gasteiger partial charge in [0.15, 0.2) is 0 Å². The lowest BCUT2D eigenvalue weighted by Gasteiger charge is -2.33. The maximum Gasteiger partial charge on any atom is 0.410 e. The average Bonchev–Trinajstić information content (AvgIpc) is 2.38. The number of rotatable bonds is 3. The predicted molar refractivity (Wildman–Crippen MR) is 83.0 cm³/mol. The topological polar surface area (TPSA) is 41.9 Å². The summed E-state index contributed by atoms with van der Waals surface area (Å²) in [6, 6.07) is 0. The normalized spacial score (nSPS) is 18.4. The van der Waals surface area contributed by atoms with Gasteiger partial charge in [0.1, 0.15) is 5.60 Å². The van der Waals surface area contributed by atoms with Crippen molar-refractivity contribution >= 4 is 11.8 Å². The van der Waals surface area contributed by atoms with Crippen LogP contribution in [0.4, 0.5) is 4.79 Å². The summed E-state index contributed by atoms with van der Waals surface area (Å²) in [5, 5.41) is 0. The Morgan fingerprint density at radius 1 is 1.35 bits per heavy atom. The Bertz CT molecular complexity index is 397. The molecule has 0 aromatic heterocycles. The lowest BCUT2D eigenvalue weighted by atomic mass is 9.92. The van der Waals surface area contributed by atoms with E-state index in [-0.39, 0.29) is 6.09 Å². The van der Waals surface area contributed by atoms with Gasteiger partial charge in [0.2, 0.25) is 0 Å². The van der Waals surface area contributed by atoms with Crippen LogP contribution in [0, 0.1) is 5.92 Å². The zero-order valence-corrected chi connectivity index (χ0v) is 13.1. The van der Waals surface area contributed by atoms with Crippen molar-refractivity contribution in [2.24, 2.45) is 10.9 Å². The molecule has 0 spiro atoms. The molecule has 1 aliphatic rings. The number of nitrogens with zero attached hydrogens (tertiary/aromatic N) is 2. The molecule has 0 aromatic carbocycles. The lowest BCUT2D eigenvalue weighted by molar-refractivity contribution is 0.0202. The zero-order valence-electron chi connectivity index (χ0n) is 13.1. The number of carbonyl (C=O) groups excluding carboxylic acids is 1. The predicted octanol–water partition coefficient (Wildman–Crippen LogP) is 3.79. The first-order valence-corrected chi connectivity index (χ1v) is 7.16. The van der Waals surface area contributed by atoms with Gasteiger partial charge >= 0.3 is 6.09 Å². The van der Waals surface area contributed by atoms with Crippen LogP contribution < -0.4 is 0 Å². The van der Waals surface area contributed by atoms with Crippen LogP contribution in [0.5, 0.6) is 0 Å². The van der Waals surface area contributed by atoms with E-state index in [1.807, 2.05) is 39.8 Å². The van der Waals surface area contributed by atoms with Crippen LogP contribution >= 0.6 is 0 Å². The highest BCUT2D eigenvalue weighted by atomic mass is 16.6. The molecule has 1 rings (SSSR count). The summed E-state index contributed by atoms with van der Waals surface area (Å²) in [6.45, 7) is 12.8. The number of allylic oxidation sites excluding steroid dienone is 2. The second kappa shape index (κ2) is 7.27. The van der Waals surface area contributed by atoms with Crippen LogP contribution in [0.1, 0.15) is 40.5 Å². The van der Waals surface area contributed by atoms with E-state index in [2.05, 4.69) is 11.6 Å². The monoisotopic (exact) mass is 278 g/mol. The molecule has 4 heteroatoms. The van der Waals surface area contributed by atoms with E-state index >= 15 is 0 Å². The summed E-state index contributed by atoms with van der Waals surface area (Å²) in [5.41, 5.74) is 0.570. The van der Waals surface area contributed by atoms with Gasteiger partial charge in [0.05, 0.1) is 0 Å². The van der Waals surface area contributed by atoms with Crippen molar-refractivity contribution in [1.82, 2.24) is 4.90 Å². The van der Waals surface area contributed by atoms with Crippen molar-refractivity contribution in [3.8, 4) is 0 Å². The fourth-order valence-corrected chi connectivity index (χ4v) is 2.17. The van der Waals surface area contributed by atoms with Gasteiger partial charge in [-0.05, 0) is 46.6 Å². The Morgan fingerprint density at radius 3 is 2.40 bits per heavy atom. The van der Waals surface area contributed by atoms with Gasteiger partial charge in [-0.2, -0.15) is 0 Å². The number of hydrogen-bond donors (Lipinski definition) is 0. The molecule has 20 heavy (non-hydrogen) atoms. The van der Waals surface area contributed by atoms with E-state index < -0.39 is 5.60 Å². The van der Waals surface area contributed by atoms with Gasteiger partial charge in [-0.3, -0.25) is 4.99 Å². The van der Waals surface area contributed by atoms with Crippen LogP contribution in [-0.2, 0) is 4.74 Å². The Labute approximate surface area is 122 Å². The zero-order chi connectivity index (χ0) is 15.2. The largest absolute Gasteiger partial charge is 0.444 e. The number of piperidine rings is 1. The molecule has 0 radical (unpaired) electrons. The van der Waals surface area contributed by atoms with Crippen molar-refractivity contribution < 1.29 is 9.53 Å². The summed E-state index contributed by atoms with van der Waals surface area (Å²) < 4.78 is 5.39.